The van der Waals surface area contributed by atoms with E-state index >= 15 is 0 Å². The molecular weight excluding hydrogens is 340 g/mol. The molecule has 0 saturated heterocycles. The highest BCUT2D eigenvalue weighted by Crippen LogP contribution is 2.43. The zero-order valence-electron chi connectivity index (χ0n) is 15.6. The van der Waals surface area contributed by atoms with E-state index in [1.807, 2.05) is 18.2 Å². The molecule has 1 amide bonds. The molecule has 2 aromatic carbocycles. The molecule has 0 atom stereocenters. The Labute approximate surface area is 159 Å². The molecule has 0 radical (unpaired) electrons. The number of fused-ring (bicyclic) bond motifs is 2. The van der Waals surface area contributed by atoms with Gasteiger partial charge in [0.2, 0.25) is 0 Å². The molecule has 134 valence electrons. The largest absolute Gasteiger partial charge is 0.349 e. The summed E-state index contributed by atoms with van der Waals surface area (Å²) < 4.78 is 0. The molecule has 1 aliphatic heterocycles. The Bertz CT molecular complexity index is 911. The molecule has 3 nitrogen and oxygen atoms in total. The number of nitrogens with zero attached hydrogens (tertiary/aromatic N) is 1. The van der Waals surface area contributed by atoms with E-state index in [-0.39, 0.29) is 5.91 Å². The van der Waals surface area contributed by atoms with Gasteiger partial charge in [-0.15, -0.1) is 0 Å². The van der Waals surface area contributed by atoms with Crippen molar-refractivity contribution < 1.29 is 4.79 Å². The van der Waals surface area contributed by atoms with Gasteiger partial charge >= 0.3 is 0 Å². The Balaban J connectivity index is 1.70. The maximum atomic E-state index is 12.6. The van der Waals surface area contributed by atoms with Crippen molar-refractivity contribution in [3.05, 3.63) is 52.6 Å². The first kappa shape index (κ1) is 17.3. The van der Waals surface area contributed by atoms with Crippen LogP contribution < -0.4 is 5.32 Å². The summed E-state index contributed by atoms with van der Waals surface area (Å²) in [4.78, 5) is 19.9. The molecule has 0 unspecified atom stereocenters. The summed E-state index contributed by atoms with van der Waals surface area (Å²) >= 11 is 1.75. The average molecular weight is 365 g/mol. The van der Waals surface area contributed by atoms with Crippen LogP contribution in [0.1, 0.15) is 59.7 Å². The summed E-state index contributed by atoms with van der Waals surface area (Å²) in [5.74, 6) is 0.0201. The summed E-state index contributed by atoms with van der Waals surface area (Å²) in [5, 5.41) is 3.17. The molecule has 0 spiro atoms. The predicted molar refractivity (Wildman–Crippen MR) is 108 cm³/mol. The van der Waals surface area contributed by atoms with Crippen molar-refractivity contribution in [2.45, 2.75) is 62.3 Å². The molecule has 0 aromatic heterocycles. The van der Waals surface area contributed by atoms with E-state index in [4.69, 9.17) is 4.99 Å². The lowest BCUT2D eigenvalue weighted by molar-refractivity contribution is 0.0938. The maximum absolute atomic E-state index is 12.6. The first-order valence-corrected chi connectivity index (χ1v) is 10.1. The molecule has 4 heteroatoms. The van der Waals surface area contributed by atoms with Gasteiger partial charge < -0.3 is 5.32 Å². The van der Waals surface area contributed by atoms with E-state index < -0.39 is 0 Å². The number of carbonyl (C=O) groups is 1. The van der Waals surface area contributed by atoms with Crippen LogP contribution in [-0.4, -0.2) is 17.7 Å². The average Bonchev–Trinajstić information content (AvgIpc) is 3.06. The van der Waals surface area contributed by atoms with Gasteiger partial charge in [-0.3, -0.25) is 9.79 Å². The Morgan fingerprint density at radius 3 is 2.58 bits per heavy atom. The summed E-state index contributed by atoms with van der Waals surface area (Å²) in [6.07, 6.45) is 4.62. The van der Waals surface area contributed by atoms with E-state index in [2.05, 4.69) is 38.2 Å². The van der Waals surface area contributed by atoms with E-state index in [1.54, 1.807) is 11.8 Å². The fourth-order valence-electron chi connectivity index (χ4n) is 3.88. The topological polar surface area (TPSA) is 41.5 Å². The molecule has 1 heterocycles. The Morgan fingerprint density at radius 2 is 1.81 bits per heavy atom. The van der Waals surface area contributed by atoms with Gasteiger partial charge in [0.1, 0.15) is 0 Å². The zero-order chi connectivity index (χ0) is 18.3. The van der Waals surface area contributed by atoms with Crippen molar-refractivity contribution in [1.29, 1.82) is 0 Å². The lowest BCUT2D eigenvalue weighted by Gasteiger charge is -2.13. The second-order valence-corrected chi connectivity index (χ2v) is 8.39. The normalized spacial score (nSPS) is 16.5. The second kappa shape index (κ2) is 6.92. The Morgan fingerprint density at radius 1 is 1.08 bits per heavy atom. The molecule has 1 aliphatic carbocycles. The lowest BCUT2D eigenvalue weighted by Crippen LogP contribution is -2.32. The highest BCUT2D eigenvalue weighted by molar-refractivity contribution is 7.99. The van der Waals surface area contributed by atoms with Crippen LogP contribution >= 0.6 is 11.8 Å². The predicted octanol–water partition coefficient (Wildman–Crippen LogP) is 5.58. The van der Waals surface area contributed by atoms with Crippen LogP contribution in [-0.2, 0) is 0 Å². The van der Waals surface area contributed by atoms with Gasteiger partial charge in [-0.1, -0.05) is 36.7 Å². The fourth-order valence-corrected chi connectivity index (χ4v) is 5.09. The van der Waals surface area contributed by atoms with E-state index in [0.717, 1.165) is 29.1 Å². The minimum Gasteiger partial charge on any atom is -0.349 e. The standard InChI is InChI=1S/C22H24N2OS/c1-13-8-9-14(2)21-20(13)15(3)23-18-12-16(10-11-19(18)26-21)22(25)24-17-6-4-5-7-17/h8-12,17H,4-7H2,1-3H3,(H,24,25). The van der Waals surface area contributed by atoms with E-state index in [9.17, 15) is 4.79 Å². The van der Waals surface area contributed by atoms with E-state index in [1.165, 1.54) is 34.4 Å². The van der Waals surface area contributed by atoms with Gasteiger partial charge in [-0.2, -0.15) is 0 Å². The monoisotopic (exact) mass is 364 g/mol. The summed E-state index contributed by atoms with van der Waals surface area (Å²) in [6, 6.07) is 10.6. The first-order valence-electron chi connectivity index (χ1n) is 9.31. The second-order valence-electron chi connectivity index (χ2n) is 7.34. The summed E-state index contributed by atoms with van der Waals surface area (Å²) in [6.45, 7) is 6.34. The highest BCUT2D eigenvalue weighted by atomic mass is 32.2. The minimum atomic E-state index is 0.0201. The molecule has 1 saturated carbocycles. The van der Waals surface area contributed by atoms with Crippen molar-refractivity contribution in [3.8, 4) is 0 Å². The minimum absolute atomic E-state index is 0.0201. The van der Waals surface area contributed by atoms with Gasteiger partial charge in [0.25, 0.3) is 5.91 Å². The number of hydrogen-bond donors (Lipinski definition) is 1. The van der Waals surface area contributed by atoms with Gasteiger partial charge in [0.15, 0.2) is 0 Å². The molecule has 1 N–H and O–H groups in total. The van der Waals surface area contributed by atoms with Crippen LogP contribution in [0.2, 0.25) is 0 Å². The molecular formula is C22H24N2OS. The molecule has 26 heavy (non-hydrogen) atoms. The third-order valence-electron chi connectivity index (χ3n) is 5.34. The molecule has 2 aliphatic rings. The number of hydrogen-bond acceptors (Lipinski definition) is 3. The Hall–Kier alpha value is -2.07. The maximum Gasteiger partial charge on any atom is 0.251 e. The quantitative estimate of drug-likeness (QED) is 0.755. The van der Waals surface area contributed by atoms with Crippen LogP contribution in [0.25, 0.3) is 0 Å². The van der Waals surface area contributed by atoms with Crippen LogP contribution in [0.3, 0.4) is 0 Å². The highest BCUT2D eigenvalue weighted by Gasteiger charge is 2.21. The van der Waals surface area contributed by atoms with Crippen molar-refractivity contribution in [2.75, 3.05) is 0 Å². The number of benzene rings is 2. The van der Waals surface area contributed by atoms with Crippen LogP contribution in [0, 0.1) is 13.8 Å². The molecule has 1 fully saturated rings. The third-order valence-corrected chi connectivity index (χ3v) is 6.63. The molecule has 2 aromatic rings. The number of amides is 1. The molecule has 0 bridgehead atoms. The number of aryl methyl sites for hydroxylation is 2. The van der Waals surface area contributed by atoms with Crippen LogP contribution in [0.5, 0.6) is 0 Å². The lowest BCUT2D eigenvalue weighted by atomic mass is 10.0. The van der Waals surface area contributed by atoms with Gasteiger partial charge in [-0.25, -0.2) is 0 Å². The van der Waals surface area contributed by atoms with Crippen molar-refractivity contribution in [3.63, 3.8) is 0 Å². The smallest absolute Gasteiger partial charge is 0.251 e. The van der Waals surface area contributed by atoms with Crippen LogP contribution in [0.4, 0.5) is 5.69 Å². The zero-order valence-corrected chi connectivity index (χ0v) is 16.4. The van der Waals surface area contributed by atoms with Gasteiger partial charge in [0.05, 0.1) is 5.69 Å². The number of aliphatic imine (C=N–C) groups is 1. The van der Waals surface area contributed by atoms with Crippen LogP contribution in [0.15, 0.2) is 45.1 Å². The number of nitrogens with one attached hydrogen (secondary N) is 1. The number of carbonyl (C=O) groups excluding carboxylic acids is 1. The SMILES string of the molecule is CC1=Nc2cc(C(=O)NC3CCCC3)ccc2Sc2c(C)ccc(C)c21. The van der Waals surface area contributed by atoms with Gasteiger partial charge in [0, 0.05) is 32.7 Å². The summed E-state index contributed by atoms with van der Waals surface area (Å²) in [5.41, 5.74) is 6.34. The van der Waals surface area contributed by atoms with Crippen molar-refractivity contribution >= 4 is 29.1 Å². The summed E-state index contributed by atoms with van der Waals surface area (Å²) in [7, 11) is 0. The van der Waals surface area contributed by atoms with Crippen molar-refractivity contribution in [2.24, 2.45) is 4.99 Å². The third kappa shape index (κ3) is 3.18. The first-order chi connectivity index (χ1) is 12.5. The molecule has 4 rings (SSSR count). The van der Waals surface area contributed by atoms with E-state index in [0.29, 0.717) is 11.6 Å². The van der Waals surface area contributed by atoms with Crippen molar-refractivity contribution in [1.82, 2.24) is 5.32 Å². The Kier molecular flexibility index (Phi) is 4.62. The van der Waals surface area contributed by atoms with Gasteiger partial charge in [-0.05, 0) is 62.9 Å². The fraction of sp³-hybridized carbons (Fsp3) is 0.364. The number of rotatable bonds is 2.